The zero-order valence-electron chi connectivity index (χ0n) is 15.1. The maximum atomic E-state index is 5.41. The summed E-state index contributed by atoms with van der Waals surface area (Å²) in [7, 11) is 4.91. The minimum Gasteiger partial charge on any atom is -0.497 e. The lowest BCUT2D eigenvalue weighted by atomic mass is 10.2. The van der Waals surface area contributed by atoms with Crippen LogP contribution in [-0.2, 0) is 4.74 Å². The van der Waals surface area contributed by atoms with Gasteiger partial charge in [0, 0.05) is 25.1 Å². The number of hydrogen-bond acceptors (Lipinski definition) is 7. The number of methoxy groups -OCH3 is 3. The van der Waals surface area contributed by atoms with Gasteiger partial charge >= 0.3 is 0 Å². The molecule has 0 bridgehead atoms. The van der Waals surface area contributed by atoms with E-state index in [4.69, 9.17) is 14.2 Å². The maximum absolute atomic E-state index is 5.41. The number of fused-ring (bicyclic) bond motifs is 1. The van der Waals surface area contributed by atoms with Crippen molar-refractivity contribution in [3.05, 3.63) is 42.5 Å². The maximum Gasteiger partial charge on any atom is 0.229 e. The number of aromatic nitrogens is 2. The quantitative estimate of drug-likeness (QED) is 0.600. The van der Waals surface area contributed by atoms with Crippen molar-refractivity contribution in [2.45, 2.75) is 0 Å². The largest absolute Gasteiger partial charge is 0.497 e. The minimum absolute atomic E-state index is 0.468. The van der Waals surface area contributed by atoms with Crippen LogP contribution in [0.1, 0.15) is 0 Å². The van der Waals surface area contributed by atoms with Gasteiger partial charge in [-0.1, -0.05) is 12.1 Å². The fraction of sp³-hybridized carbons (Fsp3) is 0.263. The van der Waals surface area contributed by atoms with E-state index < -0.39 is 0 Å². The van der Waals surface area contributed by atoms with Crippen LogP contribution < -0.4 is 20.1 Å². The molecule has 7 nitrogen and oxygen atoms in total. The minimum atomic E-state index is 0.468. The van der Waals surface area contributed by atoms with Gasteiger partial charge in [-0.2, -0.15) is 4.98 Å². The van der Waals surface area contributed by atoms with Gasteiger partial charge in [0.2, 0.25) is 5.95 Å². The average Bonchev–Trinajstić information content (AvgIpc) is 2.68. The molecule has 0 unspecified atom stereocenters. The molecule has 3 aromatic rings. The molecule has 3 rings (SSSR count). The van der Waals surface area contributed by atoms with Crippen molar-refractivity contribution in [2.24, 2.45) is 0 Å². The van der Waals surface area contributed by atoms with E-state index in [-0.39, 0.29) is 0 Å². The Morgan fingerprint density at radius 1 is 0.962 bits per heavy atom. The fourth-order valence-corrected chi connectivity index (χ4v) is 2.57. The predicted molar refractivity (Wildman–Crippen MR) is 103 cm³/mol. The van der Waals surface area contributed by atoms with Crippen LogP contribution in [-0.4, -0.2) is 44.4 Å². The van der Waals surface area contributed by atoms with Gasteiger partial charge < -0.3 is 24.8 Å². The van der Waals surface area contributed by atoms with Crippen LogP contribution >= 0.6 is 0 Å². The van der Waals surface area contributed by atoms with E-state index in [2.05, 4.69) is 20.6 Å². The van der Waals surface area contributed by atoms with Crippen molar-refractivity contribution < 1.29 is 14.2 Å². The summed E-state index contributed by atoms with van der Waals surface area (Å²) >= 11 is 0. The van der Waals surface area contributed by atoms with Gasteiger partial charge in [-0.15, -0.1) is 0 Å². The van der Waals surface area contributed by atoms with E-state index in [0.717, 1.165) is 22.4 Å². The summed E-state index contributed by atoms with van der Waals surface area (Å²) in [5.74, 6) is 2.61. The molecule has 0 radical (unpaired) electrons. The fourth-order valence-electron chi connectivity index (χ4n) is 2.57. The molecule has 0 spiro atoms. The summed E-state index contributed by atoms with van der Waals surface area (Å²) in [6.45, 7) is 1.24. The van der Waals surface area contributed by atoms with Gasteiger partial charge in [-0.25, -0.2) is 4.98 Å². The summed E-state index contributed by atoms with van der Waals surface area (Å²) < 4.78 is 15.8. The molecule has 1 heterocycles. The van der Waals surface area contributed by atoms with Crippen LogP contribution in [0, 0.1) is 0 Å². The number of hydrogen-bond donors (Lipinski definition) is 2. The average molecular weight is 354 g/mol. The van der Waals surface area contributed by atoms with Crippen molar-refractivity contribution in [3.63, 3.8) is 0 Å². The van der Waals surface area contributed by atoms with E-state index >= 15 is 0 Å². The number of nitrogens with one attached hydrogen (secondary N) is 2. The van der Waals surface area contributed by atoms with Crippen LogP contribution in [0.15, 0.2) is 42.5 Å². The molecule has 0 saturated heterocycles. The topological polar surface area (TPSA) is 77.5 Å². The lowest BCUT2D eigenvalue weighted by molar-refractivity contribution is 0.210. The monoisotopic (exact) mass is 354 g/mol. The Morgan fingerprint density at radius 3 is 2.58 bits per heavy atom. The van der Waals surface area contributed by atoms with E-state index in [9.17, 15) is 0 Å². The van der Waals surface area contributed by atoms with Crippen LogP contribution in [0.2, 0.25) is 0 Å². The predicted octanol–water partition coefficient (Wildman–Crippen LogP) is 3.45. The highest BCUT2D eigenvalue weighted by molar-refractivity contribution is 5.90. The highest BCUT2D eigenvalue weighted by Gasteiger charge is 2.11. The Labute approximate surface area is 152 Å². The molecular weight excluding hydrogens is 332 g/mol. The second kappa shape index (κ2) is 8.35. The molecular formula is C19H22N4O3. The first kappa shape index (κ1) is 17.8. The summed E-state index contributed by atoms with van der Waals surface area (Å²) in [4.78, 5) is 9.21. The van der Waals surface area contributed by atoms with Crippen LogP contribution in [0.5, 0.6) is 11.5 Å². The summed E-state index contributed by atoms with van der Waals surface area (Å²) in [6.07, 6.45) is 0. The zero-order valence-corrected chi connectivity index (χ0v) is 15.1. The molecule has 0 amide bonds. The Bertz CT molecular complexity index is 886. The molecule has 136 valence electrons. The normalized spacial score (nSPS) is 10.6. The molecule has 26 heavy (non-hydrogen) atoms. The summed E-state index contributed by atoms with van der Waals surface area (Å²) in [5, 5.41) is 7.47. The molecule has 0 fully saturated rings. The lowest BCUT2D eigenvalue weighted by Crippen LogP contribution is -2.10. The molecule has 0 saturated carbocycles. The van der Waals surface area contributed by atoms with E-state index in [1.165, 1.54) is 0 Å². The standard InChI is InChI=1S/C19H22N4O3/c1-24-11-10-20-18-14-6-4-5-7-15(14)21-19(23-18)22-16-12-13(25-2)8-9-17(16)26-3/h4-9,12H,10-11H2,1-3H3,(H2,20,21,22,23). The summed E-state index contributed by atoms with van der Waals surface area (Å²) in [5.41, 5.74) is 1.57. The number of rotatable bonds is 8. The molecule has 2 aromatic carbocycles. The SMILES string of the molecule is COCCNc1nc(Nc2cc(OC)ccc2OC)nc2ccccc12. The Hall–Kier alpha value is -3.06. The smallest absolute Gasteiger partial charge is 0.229 e. The zero-order chi connectivity index (χ0) is 18.4. The van der Waals surface area contributed by atoms with Gasteiger partial charge in [-0.3, -0.25) is 0 Å². The third-order valence-corrected chi connectivity index (χ3v) is 3.85. The molecule has 2 N–H and O–H groups in total. The van der Waals surface area contributed by atoms with Crippen LogP contribution in [0.3, 0.4) is 0 Å². The van der Waals surface area contributed by atoms with E-state index in [1.54, 1.807) is 21.3 Å². The van der Waals surface area contributed by atoms with Crippen molar-refractivity contribution in [2.75, 3.05) is 45.1 Å². The number of ether oxygens (including phenoxy) is 3. The molecule has 0 aliphatic heterocycles. The highest BCUT2D eigenvalue weighted by Crippen LogP contribution is 2.31. The second-order valence-electron chi connectivity index (χ2n) is 5.52. The van der Waals surface area contributed by atoms with Crippen LogP contribution in [0.4, 0.5) is 17.5 Å². The van der Waals surface area contributed by atoms with Gasteiger partial charge in [0.25, 0.3) is 0 Å². The van der Waals surface area contributed by atoms with Crippen molar-refractivity contribution >= 4 is 28.4 Å². The lowest BCUT2D eigenvalue weighted by Gasteiger charge is -2.14. The molecule has 0 atom stereocenters. The third-order valence-electron chi connectivity index (χ3n) is 3.85. The molecule has 7 heteroatoms. The first-order chi connectivity index (χ1) is 12.7. The first-order valence-corrected chi connectivity index (χ1v) is 8.24. The van der Waals surface area contributed by atoms with E-state index in [1.807, 2.05) is 42.5 Å². The molecule has 0 aliphatic carbocycles. The van der Waals surface area contributed by atoms with Crippen molar-refractivity contribution in [3.8, 4) is 11.5 Å². The second-order valence-corrected chi connectivity index (χ2v) is 5.52. The van der Waals surface area contributed by atoms with Crippen LogP contribution in [0.25, 0.3) is 10.9 Å². The first-order valence-electron chi connectivity index (χ1n) is 8.24. The number of para-hydroxylation sites is 1. The van der Waals surface area contributed by atoms with Crippen molar-refractivity contribution in [1.29, 1.82) is 0 Å². The highest BCUT2D eigenvalue weighted by atomic mass is 16.5. The number of nitrogens with zero attached hydrogens (tertiary/aromatic N) is 2. The Morgan fingerprint density at radius 2 is 1.81 bits per heavy atom. The van der Waals surface area contributed by atoms with Gasteiger partial charge in [0.15, 0.2) is 0 Å². The third kappa shape index (κ3) is 3.94. The summed E-state index contributed by atoms with van der Waals surface area (Å²) in [6, 6.07) is 13.4. The Kier molecular flexibility index (Phi) is 5.70. The molecule has 0 aliphatic rings. The van der Waals surface area contributed by atoms with E-state index in [0.29, 0.717) is 30.6 Å². The number of anilines is 3. The Balaban J connectivity index is 1.97. The van der Waals surface area contributed by atoms with Gasteiger partial charge in [0.05, 0.1) is 32.0 Å². The van der Waals surface area contributed by atoms with Gasteiger partial charge in [0.1, 0.15) is 17.3 Å². The van der Waals surface area contributed by atoms with Gasteiger partial charge in [-0.05, 0) is 24.3 Å². The molecule has 1 aromatic heterocycles. The van der Waals surface area contributed by atoms with Crippen molar-refractivity contribution in [1.82, 2.24) is 9.97 Å². The number of benzene rings is 2.